The van der Waals surface area contributed by atoms with E-state index in [1.165, 1.54) is 16.8 Å². The lowest BCUT2D eigenvalue weighted by Gasteiger charge is -2.10. The molecular formula is C12H9N3O2S. The molecule has 0 saturated carbocycles. The first kappa shape index (κ1) is 11.0. The van der Waals surface area contributed by atoms with Crippen LogP contribution in [0.25, 0.3) is 0 Å². The number of anilines is 1. The maximum Gasteiger partial charge on any atom is 0.243 e. The molecule has 1 aromatic carbocycles. The lowest BCUT2D eigenvalue weighted by atomic mass is 9.98. The highest BCUT2D eigenvalue weighted by atomic mass is 32.1. The zero-order chi connectivity index (χ0) is 12.5. The number of carbonyl (C=O) groups excluding carboxylic acids is 2. The molecule has 0 N–H and O–H groups in total. The van der Waals surface area contributed by atoms with Crippen molar-refractivity contribution in [3.8, 4) is 0 Å². The summed E-state index contributed by atoms with van der Waals surface area (Å²) < 4.78 is 0. The van der Waals surface area contributed by atoms with Crippen LogP contribution in [0.4, 0.5) is 5.13 Å². The molecule has 1 aliphatic rings. The Hall–Kier alpha value is -2.08. The second kappa shape index (κ2) is 4.30. The number of imide groups is 1. The molecule has 5 nitrogen and oxygen atoms in total. The van der Waals surface area contributed by atoms with Crippen LogP contribution in [-0.4, -0.2) is 22.0 Å². The van der Waals surface area contributed by atoms with E-state index in [1.54, 1.807) is 0 Å². The van der Waals surface area contributed by atoms with Crippen molar-refractivity contribution in [2.75, 3.05) is 4.90 Å². The Labute approximate surface area is 107 Å². The normalized spacial score (nSPS) is 19.6. The van der Waals surface area contributed by atoms with Gasteiger partial charge >= 0.3 is 0 Å². The molecule has 0 bridgehead atoms. The summed E-state index contributed by atoms with van der Waals surface area (Å²) in [5.74, 6) is -0.837. The Morgan fingerprint density at radius 3 is 2.67 bits per heavy atom. The van der Waals surface area contributed by atoms with Crippen molar-refractivity contribution in [1.82, 2.24) is 10.2 Å². The van der Waals surface area contributed by atoms with E-state index < -0.39 is 5.92 Å². The third kappa shape index (κ3) is 1.70. The number of carbonyl (C=O) groups is 2. The highest BCUT2D eigenvalue weighted by Crippen LogP contribution is 2.33. The Morgan fingerprint density at radius 2 is 2.00 bits per heavy atom. The molecule has 0 radical (unpaired) electrons. The molecular weight excluding hydrogens is 250 g/mol. The molecule has 1 fully saturated rings. The Balaban J connectivity index is 1.94. The average Bonchev–Trinajstić information content (AvgIpc) is 2.99. The van der Waals surface area contributed by atoms with E-state index in [1.807, 2.05) is 30.3 Å². The lowest BCUT2D eigenvalue weighted by molar-refractivity contribution is -0.121. The second-order valence-electron chi connectivity index (χ2n) is 3.96. The van der Waals surface area contributed by atoms with Crippen molar-refractivity contribution in [2.45, 2.75) is 12.3 Å². The monoisotopic (exact) mass is 259 g/mol. The summed E-state index contributed by atoms with van der Waals surface area (Å²) in [4.78, 5) is 25.3. The quantitative estimate of drug-likeness (QED) is 0.768. The molecule has 2 amide bonds. The molecule has 2 aromatic rings. The van der Waals surface area contributed by atoms with Gasteiger partial charge in [0.05, 0.1) is 5.92 Å². The van der Waals surface area contributed by atoms with Gasteiger partial charge in [-0.2, -0.15) is 0 Å². The van der Waals surface area contributed by atoms with Gasteiger partial charge in [-0.15, -0.1) is 10.2 Å². The third-order valence-electron chi connectivity index (χ3n) is 2.89. The molecule has 1 aliphatic heterocycles. The summed E-state index contributed by atoms with van der Waals surface area (Å²) in [5.41, 5.74) is 2.37. The van der Waals surface area contributed by atoms with E-state index in [4.69, 9.17) is 0 Å². The minimum absolute atomic E-state index is 0.197. The van der Waals surface area contributed by atoms with Gasteiger partial charge < -0.3 is 0 Å². The number of amides is 2. The van der Waals surface area contributed by atoms with Crippen LogP contribution in [0.15, 0.2) is 35.8 Å². The van der Waals surface area contributed by atoms with Gasteiger partial charge in [-0.3, -0.25) is 9.59 Å². The number of hydrogen-bond donors (Lipinski definition) is 0. The van der Waals surface area contributed by atoms with Crippen molar-refractivity contribution >= 4 is 28.3 Å². The molecule has 1 saturated heterocycles. The number of hydrogen-bond acceptors (Lipinski definition) is 5. The summed E-state index contributed by atoms with van der Waals surface area (Å²) in [7, 11) is 0. The third-order valence-corrected chi connectivity index (χ3v) is 3.56. The van der Waals surface area contributed by atoms with Crippen LogP contribution >= 0.6 is 11.3 Å². The zero-order valence-electron chi connectivity index (χ0n) is 9.31. The van der Waals surface area contributed by atoms with Crippen LogP contribution in [0.3, 0.4) is 0 Å². The summed E-state index contributed by atoms with van der Waals surface area (Å²) >= 11 is 1.19. The molecule has 90 valence electrons. The predicted octanol–water partition coefficient (Wildman–Crippen LogP) is 1.59. The highest BCUT2D eigenvalue weighted by molar-refractivity contribution is 7.13. The Bertz CT molecular complexity index is 583. The van der Waals surface area contributed by atoms with Crippen LogP contribution < -0.4 is 4.90 Å². The molecule has 0 aliphatic carbocycles. The van der Waals surface area contributed by atoms with Crippen LogP contribution in [0.5, 0.6) is 0 Å². The van der Waals surface area contributed by atoms with Crippen molar-refractivity contribution < 1.29 is 9.59 Å². The van der Waals surface area contributed by atoms with Gasteiger partial charge in [-0.05, 0) is 5.56 Å². The summed E-state index contributed by atoms with van der Waals surface area (Å²) in [6.07, 6.45) is 0.197. The van der Waals surface area contributed by atoms with Crippen molar-refractivity contribution in [3.63, 3.8) is 0 Å². The Morgan fingerprint density at radius 1 is 1.22 bits per heavy atom. The summed E-state index contributed by atoms with van der Waals surface area (Å²) in [6.45, 7) is 0. The topological polar surface area (TPSA) is 63.2 Å². The van der Waals surface area contributed by atoms with Gasteiger partial charge in [-0.1, -0.05) is 41.7 Å². The standard InChI is InChI=1S/C12H9N3O2S/c16-10-6-9(8-4-2-1-3-5-8)11(17)15(10)12-14-13-7-18-12/h1-5,7,9H,6H2. The predicted molar refractivity (Wildman–Crippen MR) is 66.2 cm³/mol. The number of nitrogens with zero attached hydrogens (tertiary/aromatic N) is 3. The van der Waals surface area contributed by atoms with Crippen LogP contribution in [0.1, 0.15) is 17.9 Å². The fourth-order valence-electron chi connectivity index (χ4n) is 2.04. The van der Waals surface area contributed by atoms with E-state index >= 15 is 0 Å². The molecule has 3 rings (SSSR count). The van der Waals surface area contributed by atoms with E-state index in [2.05, 4.69) is 10.2 Å². The highest BCUT2D eigenvalue weighted by Gasteiger charge is 2.41. The molecule has 1 aromatic heterocycles. The van der Waals surface area contributed by atoms with Crippen molar-refractivity contribution in [3.05, 3.63) is 41.4 Å². The average molecular weight is 259 g/mol. The Kier molecular flexibility index (Phi) is 2.64. The van der Waals surface area contributed by atoms with Gasteiger partial charge in [0, 0.05) is 6.42 Å². The molecule has 18 heavy (non-hydrogen) atoms. The zero-order valence-corrected chi connectivity index (χ0v) is 10.1. The minimum Gasteiger partial charge on any atom is -0.274 e. The van der Waals surface area contributed by atoms with Gasteiger partial charge in [0.25, 0.3) is 0 Å². The van der Waals surface area contributed by atoms with Crippen molar-refractivity contribution in [2.24, 2.45) is 0 Å². The maximum atomic E-state index is 12.3. The van der Waals surface area contributed by atoms with Gasteiger partial charge in [0.15, 0.2) is 0 Å². The lowest BCUT2D eigenvalue weighted by Crippen LogP contribution is -2.29. The minimum atomic E-state index is -0.400. The van der Waals surface area contributed by atoms with Crippen LogP contribution in [0.2, 0.25) is 0 Å². The van der Waals surface area contributed by atoms with E-state index in [9.17, 15) is 9.59 Å². The first-order valence-corrected chi connectivity index (χ1v) is 6.33. The fraction of sp³-hybridized carbons (Fsp3) is 0.167. The molecule has 2 heterocycles. The molecule has 6 heteroatoms. The van der Waals surface area contributed by atoms with Gasteiger partial charge in [0.1, 0.15) is 5.51 Å². The smallest absolute Gasteiger partial charge is 0.243 e. The SMILES string of the molecule is O=C1CC(c2ccccc2)C(=O)N1c1nncs1. The molecule has 1 atom stereocenters. The first-order valence-electron chi connectivity index (χ1n) is 5.45. The molecule has 1 unspecified atom stereocenters. The van der Waals surface area contributed by atoms with Crippen molar-refractivity contribution in [1.29, 1.82) is 0 Å². The number of benzene rings is 1. The van der Waals surface area contributed by atoms with Gasteiger partial charge in [-0.25, -0.2) is 4.90 Å². The first-order chi connectivity index (χ1) is 8.77. The largest absolute Gasteiger partial charge is 0.274 e. The van der Waals surface area contributed by atoms with Crippen LogP contribution in [-0.2, 0) is 9.59 Å². The maximum absolute atomic E-state index is 12.3. The van der Waals surface area contributed by atoms with Gasteiger partial charge in [0.2, 0.25) is 16.9 Å². The van der Waals surface area contributed by atoms with E-state index in [0.29, 0.717) is 5.13 Å². The van der Waals surface area contributed by atoms with Crippen LogP contribution in [0, 0.1) is 0 Å². The number of rotatable bonds is 2. The van der Waals surface area contributed by atoms with E-state index in [-0.39, 0.29) is 18.2 Å². The fourth-order valence-corrected chi connectivity index (χ4v) is 2.62. The molecule has 0 spiro atoms. The number of aromatic nitrogens is 2. The summed E-state index contributed by atoms with van der Waals surface area (Å²) in [5, 5.41) is 7.79. The van der Waals surface area contributed by atoms with E-state index in [0.717, 1.165) is 10.5 Å². The second-order valence-corrected chi connectivity index (χ2v) is 4.77. The summed E-state index contributed by atoms with van der Waals surface area (Å²) in [6, 6.07) is 9.33.